The van der Waals surface area contributed by atoms with E-state index < -0.39 is 6.03 Å². The number of para-hydroxylation sites is 1. The van der Waals surface area contributed by atoms with Crippen LogP contribution in [-0.2, 0) is 10.8 Å². The molecule has 0 radical (unpaired) electrons. The van der Waals surface area contributed by atoms with Gasteiger partial charge in [0.15, 0.2) is 5.75 Å². The van der Waals surface area contributed by atoms with Crippen LogP contribution in [0.25, 0.3) is 0 Å². The first-order valence-corrected chi connectivity index (χ1v) is 11.0. The maximum Gasteiger partial charge on any atom is 0.323 e. The highest BCUT2D eigenvalue weighted by Crippen LogP contribution is 2.37. The minimum absolute atomic E-state index is 0.0358. The summed E-state index contributed by atoms with van der Waals surface area (Å²) in [6, 6.07) is 22.3. The monoisotopic (exact) mass is 441 g/mol. The van der Waals surface area contributed by atoms with Crippen molar-refractivity contribution >= 4 is 17.4 Å². The van der Waals surface area contributed by atoms with Gasteiger partial charge >= 0.3 is 6.03 Å². The van der Waals surface area contributed by atoms with Gasteiger partial charge in [0.05, 0.1) is 17.3 Å². The molecule has 3 aromatic rings. The minimum Gasteiger partial charge on any atom is -0.455 e. The number of hydrogen-bond acceptors (Lipinski definition) is 3. The van der Waals surface area contributed by atoms with Crippen molar-refractivity contribution in [1.29, 1.82) is 5.26 Å². The van der Waals surface area contributed by atoms with Crippen LogP contribution in [0, 0.1) is 11.3 Å². The predicted octanol–water partition coefficient (Wildman–Crippen LogP) is 7.59. The van der Waals surface area contributed by atoms with Gasteiger partial charge in [-0.1, -0.05) is 71.9 Å². The lowest BCUT2D eigenvalue weighted by molar-refractivity contribution is 0.262. The number of benzene rings is 3. The molecule has 0 spiro atoms. The summed E-state index contributed by atoms with van der Waals surface area (Å²) in [7, 11) is 0. The Bertz CT molecular complexity index is 1180. The Morgan fingerprint density at radius 2 is 1.48 bits per heavy atom. The van der Waals surface area contributed by atoms with Crippen LogP contribution in [0.4, 0.5) is 16.2 Å². The summed E-state index contributed by atoms with van der Waals surface area (Å²) < 4.78 is 6.22. The summed E-state index contributed by atoms with van der Waals surface area (Å²) >= 11 is 0. The number of rotatable bonds is 4. The minimum atomic E-state index is -0.414. The third-order valence-electron chi connectivity index (χ3n) is 5.28. The Morgan fingerprint density at radius 3 is 2.09 bits per heavy atom. The zero-order valence-corrected chi connectivity index (χ0v) is 20.1. The van der Waals surface area contributed by atoms with Crippen LogP contribution in [0.1, 0.15) is 58.2 Å². The van der Waals surface area contributed by atoms with E-state index in [4.69, 9.17) is 4.74 Å². The van der Waals surface area contributed by atoms with Crippen molar-refractivity contribution < 1.29 is 9.53 Å². The molecule has 0 aliphatic rings. The SMILES string of the molecule is CC(C)(C)c1ccc(NC(=O)Nc2cc(C#N)ccc2Oc2ccccc2C(C)(C)C)cc1. The molecule has 0 atom stereocenters. The molecular formula is C28H31N3O2. The summed E-state index contributed by atoms with van der Waals surface area (Å²) in [6.07, 6.45) is 0. The molecule has 5 heteroatoms. The maximum atomic E-state index is 12.7. The molecule has 0 saturated heterocycles. The second-order valence-electron chi connectivity index (χ2n) is 10.1. The summed E-state index contributed by atoms with van der Waals surface area (Å²) in [6.45, 7) is 12.8. The molecule has 0 fully saturated rings. The molecule has 0 bridgehead atoms. The lowest BCUT2D eigenvalue weighted by Crippen LogP contribution is -2.20. The number of carbonyl (C=O) groups is 1. The number of nitrogens with zero attached hydrogens (tertiary/aromatic N) is 1. The van der Waals surface area contributed by atoms with Crippen LogP contribution >= 0.6 is 0 Å². The Morgan fingerprint density at radius 1 is 0.818 bits per heavy atom. The van der Waals surface area contributed by atoms with Gasteiger partial charge in [0, 0.05) is 11.3 Å². The quantitative estimate of drug-likeness (QED) is 0.438. The standard InChI is InChI=1S/C28H31N3O2/c1-27(2,3)20-12-14-21(15-13-20)30-26(32)31-23-17-19(18-29)11-16-25(23)33-24-10-8-7-9-22(24)28(4,5)6/h7-17H,1-6H3,(H2,30,31,32). The lowest BCUT2D eigenvalue weighted by Gasteiger charge is -2.23. The summed E-state index contributed by atoms with van der Waals surface area (Å²) in [5, 5.41) is 15.0. The van der Waals surface area contributed by atoms with E-state index in [9.17, 15) is 10.1 Å². The third kappa shape index (κ3) is 6.14. The van der Waals surface area contributed by atoms with E-state index in [2.05, 4.69) is 58.2 Å². The molecule has 0 aliphatic carbocycles. The van der Waals surface area contributed by atoms with E-state index >= 15 is 0 Å². The number of ether oxygens (including phenoxy) is 1. The highest BCUT2D eigenvalue weighted by molar-refractivity contribution is 6.00. The van der Waals surface area contributed by atoms with E-state index in [1.165, 1.54) is 5.56 Å². The molecule has 3 aromatic carbocycles. The molecule has 3 rings (SSSR count). The zero-order chi connectivity index (χ0) is 24.2. The molecule has 0 unspecified atom stereocenters. The van der Waals surface area contributed by atoms with E-state index in [1.807, 2.05) is 48.5 Å². The molecule has 2 N–H and O–H groups in total. The Kier molecular flexibility index (Phi) is 6.78. The Hall–Kier alpha value is -3.78. The average molecular weight is 442 g/mol. The van der Waals surface area contributed by atoms with Crippen molar-refractivity contribution in [2.24, 2.45) is 0 Å². The van der Waals surface area contributed by atoms with E-state index in [0.29, 0.717) is 28.4 Å². The number of anilines is 2. The summed E-state index contributed by atoms with van der Waals surface area (Å²) in [5.41, 5.74) is 3.67. The van der Waals surface area contributed by atoms with Crippen LogP contribution in [0.5, 0.6) is 11.5 Å². The fourth-order valence-electron chi connectivity index (χ4n) is 3.42. The number of urea groups is 1. The molecule has 33 heavy (non-hydrogen) atoms. The first-order valence-electron chi connectivity index (χ1n) is 11.0. The molecule has 0 aromatic heterocycles. The topological polar surface area (TPSA) is 74.2 Å². The van der Waals surface area contributed by atoms with Gasteiger partial charge in [-0.05, 0) is 52.8 Å². The molecule has 170 valence electrons. The average Bonchev–Trinajstić information content (AvgIpc) is 2.74. The van der Waals surface area contributed by atoms with Crippen molar-refractivity contribution in [1.82, 2.24) is 0 Å². The lowest BCUT2D eigenvalue weighted by atomic mass is 9.86. The van der Waals surface area contributed by atoms with Gasteiger partial charge < -0.3 is 15.4 Å². The second-order valence-corrected chi connectivity index (χ2v) is 10.1. The first kappa shape index (κ1) is 23.9. The molecular weight excluding hydrogens is 410 g/mol. The Balaban J connectivity index is 1.83. The van der Waals surface area contributed by atoms with Crippen LogP contribution in [-0.4, -0.2) is 6.03 Å². The highest BCUT2D eigenvalue weighted by Gasteiger charge is 2.20. The molecule has 2 amide bonds. The number of amides is 2. The highest BCUT2D eigenvalue weighted by atomic mass is 16.5. The number of nitriles is 1. The van der Waals surface area contributed by atoms with Crippen LogP contribution in [0.3, 0.4) is 0 Å². The van der Waals surface area contributed by atoms with Gasteiger partial charge in [-0.15, -0.1) is 0 Å². The van der Waals surface area contributed by atoms with Gasteiger partial charge in [-0.25, -0.2) is 4.79 Å². The van der Waals surface area contributed by atoms with Crippen molar-refractivity contribution in [2.45, 2.75) is 52.4 Å². The Labute approximate surface area is 196 Å². The number of carbonyl (C=O) groups excluding carboxylic acids is 1. The largest absolute Gasteiger partial charge is 0.455 e. The molecule has 5 nitrogen and oxygen atoms in total. The third-order valence-corrected chi connectivity index (χ3v) is 5.28. The second kappa shape index (κ2) is 9.38. The maximum absolute atomic E-state index is 12.7. The van der Waals surface area contributed by atoms with E-state index in [-0.39, 0.29) is 10.8 Å². The molecule has 0 aliphatic heterocycles. The molecule has 0 saturated carbocycles. The van der Waals surface area contributed by atoms with Gasteiger partial charge in [-0.3, -0.25) is 0 Å². The van der Waals surface area contributed by atoms with Gasteiger partial charge in [0.1, 0.15) is 5.75 Å². The van der Waals surface area contributed by atoms with Gasteiger partial charge in [0.25, 0.3) is 0 Å². The normalized spacial score (nSPS) is 11.4. The van der Waals surface area contributed by atoms with Crippen molar-refractivity contribution in [3.8, 4) is 17.6 Å². The smallest absolute Gasteiger partial charge is 0.323 e. The summed E-state index contributed by atoms with van der Waals surface area (Å²) in [5.74, 6) is 1.17. The predicted molar refractivity (Wildman–Crippen MR) is 134 cm³/mol. The van der Waals surface area contributed by atoms with E-state index in [0.717, 1.165) is 5.56 Å². The van der Waals surface area contributed by atoms with E-state index in [1.54, 1.807) is 18.2 Å². The van der Waals surface area contributed by atoms with Crippen molar-refractivity contribution in [2.75, 3.05) is 10.6 Å². The number of hydrogen-bond donors (Lipinski definition) is 2. The van der Waals surface area contributed by atoms with Crippen LogP contribution in [0.2, 0.25) is 0 Å². The number of nitrogens with one attached hydrogen (secondary N) is 2. The zero-order valence-electron chi connectivity index (χ0n) is 20.1. The van der Waals surface area contributed by atoms with Crippen LogP contribution in [0.15, 0.2) is 66.7 Å². The molecule has 0 heterocycles. The van der Waals surface area contributed by atoms with Gasteiger partial charge in [-0.2, -0.15) is 5.26 Å². The summed E-state index contributed by atoms with van der Waals surface area (Å²) in [4.78, 5) is 12.7. The fraction of sp³-hybridized carbons (Fsp3) is 0.286. The van der Waals surface area contributed by atoms with Crippen molar-refractivity contribution in [3.05, 3.63) is 83.4 Å². The fourth-order valence-corrected chi connectivity index (χ4v) is 3.42. The van der Waals surface area contributed by atoms with Crippen LogP contribution < -0.4 is 15.4 Å². The first-order chi connectivity index (χ1) is 15.5. The van der Waals surface area contributed by atoms with Crippen molar-refractivity contribution in [3.63, 3.8) is 0 Å². The van der Waals surface area contributed by atoms with Gasteiger partial charge in [0.2, 0.25) is 0 Å².